The highest BCUT2D eigenvalue weighted by atomic mass is 16.3. The molecule has 0 bridgehead atoms. The van der Waals surface area contributed by atoms with Gasteiger partial charge in [0.2, 0.25) is 0 Å². The quantitative estimate of drug-likeness (QED) is 0.590. The summed E-state index contributed by atoms with van der Waals surface area (Å²) in [5.74, 6) is 0.662. The highest BCUT2D eigenvalue weighted by Gasteiger charge is 2.17. The van der Waals surface area contributed by atoms with Crippen molar-refractivity contribution >= 4 is 0 Å². The molecule has 0 unspecified atom stereocenters. The summed E-state index contributed by atoms with van der Waals surface area (Å²) < 4.78 is 0. The number of nitrogens with two attached hydrogens (primary N) is 1. The fraction of sp³-hybridized carbons (Fsp3) is 1.00. The summed E-state index contributed by atoms with van der Waals surface area (Å²) in [4.78, 5) is 2.29. The van der Waals surface area contributed by atoms with E-state index in [9.17, 15) is 0 Å². The lowest BCUT2D eigenvalue weighted by Gasteiger charge is -2.31. The maximum absolute atomic E-state index is 8.70. The minimum atomic E-state index is 0.275. The van der Waals surface area contributed by atoms with Crippen LogP contribution in [-0.4, -0.2) is 42.8 Å². The first-order valence-corrected chi connectivity index (χ1v) is 4.40. The van der Waals surface area contributed by atoms with Gasteiger partial charge < -0.3 is 15.7 Å². The van der Waals surface area contributed by atoms with E-state index in [1.54, 1.807) is 0 Å². The van der Waals surface area contributed by atoms with Crippen LogP contribution in [0.15, 0.2) is 0 Å². The van der Waals surface area contributed by atoms with Crippen molar-refractivity contribution in [2.75, 3.05) is 32.8 Å². The third-order valence-electron chi connectivity index (χ3n) is 2.35. The molecule has 1 rings (SSSR count). The van der Waals surface area contributed by atoms with Crippen LogP contribution in [-0.2, 0) is 0 Å². The zero-order chi connectivity index (χ0) is 8.10. The van der Waals surface area contributed by atoms with E-state index in [2.05, 4.69) is 4.90 Å². The third-order valence-corrected chi connectivity index (χ3v) is 2.35. The number of β-amino-alcohol motifs (C(OH)–C–C–N with tert-alkyl or cyclic N) is 1. The van der Waals surface area contributed by atoms with E-state index in [0.717, 1.165) is 26.2 Å². The molecule has 11 heavy (non-hydrogen) atoms. The van der Waals surface area contributed by atoms with Crippen LogP contribution in [0.5, 0.6) is 0 Å². The van der Waals surface area contributed by atoms with Crippen molar-refractivity contribution < 1.29 is 5.11 Å². The zero-order valence-electron chi connectivity index (χ0n) is 7.00. The van der Waals surface area contributed by atoms with E-state index in [4.69, 9.17) is 10.8 Å². The maximum atomic E-state index is 8.70. The molecule has 1 aliphatic heterocycles. The van der Waals surface area contributed by atoms with E-state index < -0.39 is 0 Å². The van der Waals surface area contributed by atoms with Crippen molar-refractivity contribution in [2.45, 2.75) is 12.8 Å². The first-order chi connectivity index (χ1) is 5.36. The Morgan fingerprint density at radius 3 is 3.00 bits per heavy atom. The van der Waals surface area contributed by atoms with Gasteiger partial charge in [0, 0.05) is 13.1 Å². The first kappa shape index (κ1) is 8.97. The van der Waals surface area contributed by atoms with Gasteiger partial charge in [-0.2, -0.15) is 0 Å². The Morgan fingerprint density at radius 1 is 1.55 bits per heavy atom. The molecule has 0 aromatic rings. The molecule has 1 aliphatic rings. The number of likely N-dealkylation sites (tertiary alicyclic amines) is 1. The van der Waals surface area contributed by atoms with E-state index in [0.29, 0.717) is 5.92 Å². The van der Waals surface area contributed by atoms with E-state index in [-0.39, 0.29) is 6.61 Å². The second kappa shape index (κ2) is 4.70. The van der Waals surface area contributed by atoms with Crippen LogP contribution in [0, 0.1) is 5.92 Å². The largest absolute Gasteiger partial charge is 0.395 e. The van der Waals surface area contributed by atoms with Gasteiger partial charge in [-0.15, -0.1) is 0 Å². The van der Waals surface area contributed by atoms with Crippen molar-refractivity contribution in [3.8, 4) is 0 Å². The summed E-state index contributed by atoms with van der Waals surface area (Å²) in [6, 6.07) is 0. The number of hydrogen-bond donors (Lipinski definition) is 2. The molecule has 1 saturated heterocycles. The Labute approximate surface area is 68.2 Å². The van der Waals surface area contributed by atoms with E-state index in [1.165, 1.54) is 12.8 Å². The SMILES string of the molecule is NC[C@@H]1CCCN(CCO)C1. The summed E-state index contributed by atoms with van der Waals surface area (Å²) in [5, 5.41) is 8.70. The predicted octanol–water partition coefficient (Wildman–Crippen LogP) is -0.351. The van der Waals surface area contributed by atoms with Crippen LogP contribution < -0.4 is 5.73 Å². The van der Waals surface area contributed by atoms with Gasteiger partial charge >= 0.3 is 0 Å². The number of hydrogen-bond acceptors (Lipinski definition) is 3. The summed E-state index contributed by atoms with van der Waals surface area (Å²) in [6.45, 7) is 4.10. The molecule has 0 saturated carbocycles. The van der Waals surface area contributed by atoms with Gasteiger partial charge in [-0.1, -0.05) is 0 Å². The van der Waals surface area contributed by atoms with E-state index in [1.807, 2.05) is 0 Å². The van der Waals surface area contributed by atoms with Crippen molar-refractivity contribution in [3.05, 3.63) is 0 Å². The van der Waals surface area contributed by atoms with Gasteiger partial charge in [-0.25, -0.2) is 0 Å². The monoisotopic (exact) mass is 158 g/mol. The highest BCUT2D eigenvalue weighted by Crippen LogP contribution is 2.14. The zero-order valence-corrected chi connectivity index (χ0v) is 7.00. The summed E-state index contributed by atoms with van der Waals surface area (Å²) in [7, 11) is 0. The summed E-state index contributed by atoms with van der Waals surface area (Å²) in [5.41, 5.74) is 5.57. The summed E-state index contributed by atoms with van der Waals surface area (Å²) in [6.07, 6.45) is 2.50. The Bertz CT molecular complexity index is 106. The molecule has 66 valence electrons. The molecule has 1 fully saturated rings. The molecule has 1 heterocycles. The van der Waals surface area contributed by atoms with Gasteiger partial charge in [-0.3, -0.25) is 0 Å². The number of aliphatic hydroxyl groups is 1. The second-order valence-corrected chi connectivity index (χ2v) is 3.27. The van der Waals surface area contributed by atoms with Crippen LogP contribution in [0.4, 0.5) is 0 Å². The third kappa shape index (κ3) is 2.77. The molecule has 3 nitrogen and oxygen atoms in total. The van der Waals surface area contributed by atoms with Gasteiger partial charge in [-0.05, 0) is 31.8 Å². The topological polar surface area (TPSA) is 49.5 Å². The minimum absolute atomic E-state index is 0.275. The molecule has 0 aromatic heterocycles. The molecule has 0 aromatic carbocycles. The molecule has 0 aliphatic carbocycles. The van der Waals surface area contributed by atoms with Crippen LogP contribution in [0.2, 0.25) is 0 Å². The fourth-order valence-electron chi connectivity index (χ4n) is 1.69. The molecular formula is C8H18N2O. The lowest BCUT2D eigenvalue weighted by molar-refractivity contribution is 0.142. The molecule has 0 amide bonds. The van der Waals surface area contributed by atoms with Crippen molar-refractivity contribution in [2.24, 2.45) is 11.7 Å². The van der Waals surface area contributed by atoms with Gasteiger partial charge in [0.25, 0.3) is 0 Å². The maximum Gasteiger partial charge on any atom is 0.0558 e. The van der Waals surface area contributed by atoms with Gasteiger partial charge in [0.1, 0.15) is 0 Å². The van der Waals surface area contributed by atoms with Crippen LogP contribution >= 0.6 is 0 Å². The average molecular weight is 158 g/mol. The molecular weight excluding hydrogens is 140 g/mol. The van der Waals surface area contributed by atoms with Crippen molar-refractivity contribution in [1.82, 2.24) is 4.90 Å². The number of aliphatic hydroxyl groups excluding tert-OH is 1. The standard InChI is InChI=1S/C8H18N2O/c9-6-8-2-1-3-10(7-8)4-5-11/h8,11H,1-7,9H2/t8-/m0/s1. The lowest BCUT2D eigenvalue weighted by Crippen LogP contribution is -2.39. The van der Waals surface area contributed by atoms with Crippen molar-refractivity contribution in [1.29, 1.82) is 0 Å². The molecule has 0 radical (unpaired) electrons. The molecule has 1 atom stereocenters. The second-order valence-electron chi connectivity index (χ2n) is 3.27. The van der Waals surface area contributed by atoms with Gasteiger partial charge in [0.15, 0.2) is 0 Å². The van der Waals surface area contributed by atoms with Crippen LogP contribution in [0.1, 0.15) is 12.8 Å². The van der Waals surface area contributed by atoms with Gasteiger partial charge in [0.05, 0.1) is 6.61 Å². The fourth-order valence-corrected chi connectivity index (χ4v) is 1.69. The van der Waals surface area contributed by atoms with Crippen LogP contribution in [0.25, 0.3) is 0 Å². The number of piperidine rings is 1. The molecule has 3 heteroatoms. The minimum Gasteiger partial charge on any atom is -0.395 e. The molecule has 3 N–H and O–H groups in total. The Hall–Kier alpha value is -0.120. The Kier molecular flexibility index (Phi) is 3.83. The Morgan fingerprint density at radius 2 is 2.36 bits per heavy atom. The highest BCUT2D eigenvalue weighted by molar-refractivity contribution is 4.72. The first-order valence-electron chi connectivity index (χ1n) is 4.40. The molecule has 0 spiro atoms. The van der Waals surface area contributed by atoms with Crippen LogP contribution in [0.3, 0.4) is 0 Å². The number of nitrogens with zero attached hydrogens (tertiary/aromatic N) is 1. The normalized spacial score (nSPS) is 27.3. The predicted molar refractivity (Wildman–Crippen MR) is 45.3 cm³/mol. The van der Waals surface area contributed by atoms with E-state index >= 15 is 0 Å². The average Bonchev–Trinajstić information content (AvgIpc) is 2.06. The Balaban J connectivity index is 2.21. The number of rotatable bonds is 3. The smallest absolute Gasteiger partial charge is 0.0558 e. The van der Waals surface area contributed by atoms with Crippen molar-refractivity contribution in [3.63, 3.8) is 0 Å². The summed E-state index contributed by atoms with van der Waals surface area (Å²) >= 11 is 0. The lowest BCUT2D eigenvalue weighted by atomic mass is 9.98.